The molecule has 0 aromatic carbocycles. The Labute approximate surface area is 131 Å². The molecule has 0 spiro atoms. The Bertz CT molecular complexity index is 341. The van der Waals surface area contributed by atoms with E-state index in [9.17, 15) is 0 Å². The first-order valence-electron chi connectivity index (χ1n) is 7.60. The van der Waals surface area contributed by atoms with Crippen LogP contribution in [-0.4, -0.2) is 35.9 Å². The van der Waals surface area contributed by atoms with Crippen molar-refractivity contribution in [3.05, 3.63) is 12.1 Å². The Morgan fingerprint density at radius 3 is 2.35 bits per heavy atom. The van der Waals surface area contributed by atoms with Crippen molar-refractivity contribution in [2.75, 3.05) is 6.61 Å². The van der Waals surface area contributed by atoms with E-state index in [-0.39, 0.29) is 18.3 Å². The van der Waals surface area contributed by atoms with Crippen LogP contribution in [0.1, 0.15) is 53.4 Å². The molecule has 3 nitrogen and oxygen atoms in total. The summed E-state index contributed by atoms with van der Waals surface area (Å²) < 4.78 is 17.7. The highest BCUT2D eigenvalue weighted by molar-refractivity contribution is 9.09. The van der Waals surface area contributed by atoms with E-state index in [1.807, 2.05) is 12.1 Å². The van der Waals surface area contributed by atoms with Gasteiger partial charge in [-0.2, -0.15) is 0 Å². The molecule has 114 valence electrons. The monoisotopic (exact) mass is 344 g/mol. The first kappa shape index (κ1) is 16.5. The number of halogens is 1. The van der Waals surface area contributed by atoms with Crippen molar-refractivity contribution in [1.82, 2.24) is 0 Å². The standard InChI is InChI=1S/C15H26BBrO3/c1-14(2)15(3,4)20-16(19-14)10-7-11-18-13-9-6-5-8-12(13)17/h7,10,12-13H,5-6,8-9,11H2,1-4H3/b10-7+/t12-,13-/m1/s1. The van der Waals surface area contributed by atoms with E-state index >= 15 is 0 Å². The lowest BCUT2D eigenvalue weighted by atomic mass is 9.90. The van der Waals surface area contributed by atoms with Gasteiger partial charge in [-0.05, 0) is 40.5 Å². The molecule has 0 amide bonds. The van der Waals surface area contributed by atoms with E-state index in [0.717, 1.165) is 6.42 Å². The number of hydrogen-bond acceptors (Lipinski definition) is 3. The van der Waals surface area contributed by atoms with Crippen molar-refractivity contribution in [3.63, 3.8) is 0 Å². The third kappa shape index (κ3) is 3.87. The predicted octanol–water partition coefficient (Wildman–Crippen LogP) is 3.90. The van der Waals surface area contributed by atoms with Crippen molar-refractivity contribution in [2.45, 2.75) is 75.5 Å². The molecule has 0 unspecified atom stereocenters. The SMILES string of the molecule is CC1(C)OB(/C=C/CO[C@@H]2CCCC[C@H]2Br)OC1(C)C. The fraction of sp³-hybridized carbons (Fsp3) is 0.867. The highest BCUT2D eigenvalue weighted by atomic mass is 79.9. The van der Waals surface area contributed by atoms with Crippen molar-refractivity contribution in [3.8, 4) is 0 Å². The van der Waals surface area contributed by atoms with Crippen LogP contribution in [0.2, 0.25) is 0 Å². The molecule has 1 saturated heterocycles. The topological polar surface area (TPSA) is 27.7 Å². The molecule has 0 radical (unpaired) electrons. The predicted molar refractivity (Wildman–Crippen MR) is 86.1 cm³/mol. The van der Waals surface area contributed by atoms with E-state index in [2.05, 4.69) is 43.6 Å². The third-order valence-corrected chi connectivity index (χ3v) is 5.64. The maximum absolute atomic E-state index is 5.91. The quantitative estimate of drug-likeness (QED) is 0.571. The normalized spacial score (nSPS) is 33.0. The maximum atomic E-state index is 5.91. The summed E-state index contributed by atoms with van der Waals surface area (Å²) in [7, 11) is -0.269. The smallest absolute Gasteiger partial charge is 0.400 e. The minimum Gasteiger partial charge on any atom is -0.400 e. The second-order valence-corrected chi connectivity index (χ2v) is 7.90. The molecule has 0 N–H and O–H groups in total. The molecule has 0 bridgehead atoms. The summed E-state index contributed by atoms with van der Waals surface area (Å²) in [4.78, 5) is 0.501. The van der Waals surface area contributed by atoms with E-state index in [1.165, 1.54) is 19.3 Å². The number of rotatable bonds is 4. The lowest BCUT2D eigenvalue weighted by Gasteiger charge is -2.32. The van der Waals surface area contributed by atoms with E-state index in [0.29, 0.717) is 17.5 Å². The zero-order chi connectivity index (χ0) is 14.8. The van der Waals surface area contributed by atoms with Crippen LogP contribution in [0.4, 0.5) is 0 Å². The van der Waals surface area contributed by atoms with Crippen molar-refractivity contribution in [1.29, 1.82) is 0 Å². The summed E-state index contributed by atoms with van der Waals surface area (Å²) in [5, 5.41) is 0. The van der Waals surface area contributed by atoms with Gasteiger partial charge in [-0.1, -0.05) is 40.8 Å². The number of alkyl halides is 1. The first-order valence-corrected chi connectivity index (χ1v) is 8.51. The molecule has 5 heteroatoms. The molecular formula is C15H26BBrO3. The molecule has 0 aromatic rings. The molecule has 1 aliphatic heterocycles. The summed E-state index contributed by atoms with van der Waals surface area (Å²) in [6.45, 7) is 8.88. The zero-order valence-corrected chi connectivity index (χ0v) is 14.6. The van der Waals surface area contributed by atoms with Crippen LogP contribution >= 0.6 is 15.9 Å². The second-order valence-electron chi connectivity index (χ2n) is 6.73. The lowest BCUT2D eigenvalue weighted by molar-refractivity contribution is 0.00578. The third-order valence-electron chi connectivity index (χ3n) is 4.59. The van der Waals surface area contributed by atoms with Crippen LogP contribution in [0.5, 0.6) is 0 Å². The van der Waals surface area contributed by atoms with Gasteiger partial charge < -0.3 is 14.0 Å². The van der Waals surface area contributed by atoms with Gasteiger partial charge in [-0.3, -0.25) is 0 Å². The van der Waals surface area contributed by atoms with E-state index in [1.54, 1.807) is 0 Å². The lowest BCUT2D eigenvalue weighted by Crippen LogP contribution is -2.41. The summed E-state index contributed by atoms with van der Waals surface area (Å²) in [5.74, 6) is 1.96. The van der Waals surface area contributed by atoms with Crippen LogP contribution < -0.4 is 0 Å². The molecule has 2 fully saturated rings. The van der Waals surface area contributed by atoms with Gasteiger partial charge in [0.05, 0.1) is 23.9 Å². The molecule has 0 aromatic heterocycles. The van der Waals surface area contributed by atoms with Crippen molar-refractivity contribution < 1.29 is 14.0 Å². The Morgan fingerprint density at radius 1 is 1.15 bits per heavy atom. The van der Waals surface area contributed by atoms with Crippen LogP contribution in [0, 0.1) is 0 Å². The molecule has 1 heterocycles. The molecular weight excluding hydrogens is 319 g/mol. The second kappa shape index (κ2) is 6.51. The Morgan fingerprint density at radius 2 is 1.75 bits per heavy atom. The molecule has 1 saturated carbocycles. The van der Waals surface area contributed by atoms with E-state index in [4.69, 9.17) is 14.0 Å². The maximum Gasteiger partial charge on any atom is 0.486 e. The minimum atomic E-state index is -0.271. The largest absolute Gasteiger partial charge is 0.486 e. The van der Waals surface area contributed by atoms with Gasteiger partial charge in [0.1, 0.15) is 0 Å². The Kier molecular flexibility index (Phi) is 5.38. The number of ether oxygens (including phenoxy) is 1. The minimum absolute atomic E-state index is 0.269. The van der Waals surface area contributed by atoms with Gasteiger partial charge in [-0.25, -0.2) is 0 Å². The average molecular weight is 345 g/mol. The molecule has 2 rings (SSSR count). The highest BCUT2D eigenvalue weighted by Gasteiger charge is 2.49. The van der Waals surface area contributed by atoms with E-state index < -0.39 is 0 Å². The highest BCUT2D eigenvalue weighted by Crippen LogP contribution is 2.36. The summed E-state index contributed by atoms with van der Waals surface area (Å²) in [6, 6.07) is 0. The van der Waals surface area contributed by atoms with Gasteiger partial charge in [0.2, 0.25) is 0 Å². The van der Waals surface area contributed by atoms with Crippen molar-refractivity contribution >= 4 is 23.0 Å². The van der Waals surface area contributed by atoms with Gasteiger partial charge in [0.15, 0.2) is 0 Å². The first-order chi connectivity index (χ1) is 9.32. The Hall–Kier alpha value is 0.165. The van der Waals surface area contributed by atoms with Gasteiger partial charge in [0.25, 0.3) is 0 Å². The fourth-order valence-electron chi connectivity index (χ4n) is 2.55. The van der Waals surface area contributed by atoms with Crippen molar-refractivity contribution in [2.24, 2.45) is 0 Å². The zero-order valence-electron chi connectivity index (χ0n) is 13.0. The summed E-state index contributed by atoms with van der Waals surface area (Å²) in [5.41, 5.74) is -0.541. The molecule has 20 heavy (non-hydrogen) atoms. The van der Waals surface area contributed by atoms with Crippen LogP contribution in [0.3, 0.4) is 0 Å². The van der Waals surface area contributed by atoms with Crippen LogP contribution in [0.25, 0.3) is 0 Å². The van der Waals surface area contributed by atoms with Gasteiger partial charge in [0, 0.05) is 4.83 Å². The molecule has 1 aliphatic carbocycles. The summed E-state index contributed by atoms with van der Waals surface area (Å²) >= 11 is 3.70. The fourth-order valence-corrected chi connectivity index (χ4v) is 3.29. The summed E-state index contributed by atoms with van der Waals surface area (Å²) in [6.07, 6.45) is 7.29. The van der Waals surface area contributed by atoms with Crippen LogP contribution in [0.15, 0.2) is 12.1 Å². The van der Waals surface area contributed by atoms with Gasteiger partial charge >= 0.3 is 7.12 Å². The molecule has 2 aliphatic rings. The number of hydrogen-bond donors (Lipinski definition) is 0. The van der Waals surface area contributed by atoms with Crippen LogP contribution in [-0.2, 0) is 14.0 Å². The van der Waals surface area contributed by atoms with Gasteiger partial charge in [-0.15, -0.1) is 0 Å². The average Bonchev–Trinajstić information content (AvgIpc) is 2.55. The Balaban J connectivity index is 1.75. The molecule has 2 atom stereocenters.